The van der Waals surface area contributed by atoms with Gasteiger partial charge in [0.2, 0.25) is 0 Å². The maximum absolute atomic E-state index is 12.8. The minimum atomic E-state index is 0.00424. The van der Waals surface area contributed by atoms with E-state index in [1.54, 1.807) is 4.90 Å². The number of hydrogen-bond acceptors (Lipinski definition) is 3. The Hall–Kier alpha value is -1.91. The molecule has 0 saturated carbocycles. The number of amides is 1. The first kappa shape index (κ1) is 16.9. The molecule has 1 saturated heterocycles. The molecule has 0 atom stereocenters. The summed E-state index contributed by atoms with van der Waals surface area (Å²) in [5.74, 6) is 0.00424. The fraction of sp³-hybridized carbons (Fsp3) is 0.200. The number of thiocarbonyl (C=S) groups is 1. The van der Waals surface area contributed by atoms with E-state index < -0.39 is 0 Å². The topological polar surface area (TPSA) is 20.3 Å². The monoisotopic (exact) mass is 353 g/mol. The van der Waals surface area contributed by atoms with Crippen LogP contribution in [0, 0.1) is 13.8 Å². The minimum Gasteiger partial charge on any atom is -0.288 e. The van der Waals surface area contributed by atoms with Crippen molar-refractivity contribution in [2.45, 2.75) is 27.3 Å². The second kappa shape index (κ2) is 6.91. The standard InChI is InChI=1S/C20H19NOS2/c1-13-9-10-17(11-14(13)2)15(3)18-19(22)21(20(23)24-18)12-16-7-5-4-6-8-16/h4-11H,12H2,1-3H3. The van der Waals surface area contributed by atoms with E-state index in [0.29, 0.717) is 10.9 Å². The number of rotatable bonds is 3. The van der Waals surface area contributed by atoms with Gasteiger partial charge in [0.15, 0.2) is 0 Å². The highest BCUT2D eigenvalue weighted by atomic mass is 32.2. The molecule has 0 bridgehead atoms. The molecule has 0 aromatic heterocycles. The van der Waals surface area contributed by atoms with E-state index >= 15 is 0 Å². The summed E-state index contributed by atoms with van der Waals surface area (Å²) < 4.78 is 0.627. The zero-order chi connectivity index (χ0) is 17.3. The van der Waals surface area contributed by atoms with Crippen molar-refractivity contribution in [2.24, 2.45) is 0 Å². The average Bonchev–Trinajstić information content (AvgIpc) is 2.86. The predicted molar refractivity (Wildman–Crippen MR) is 106 cm³/mol. The van der Waals surface area contributed by atoms with Crippen LogP contribution in [-0.4, -0.2) is 15.1 Å². The van der Waals surface area contributed by atoms with Crippen LogP contribution in [0.5, 0.6) is 0 Å². The molecular weight excluding hydrogens is 334 g/mol. The lowest BCUT2D eigenvalue weighted by Gasteiger charge is -2.14. The highest BCUT2D eigenvalue weighted by molar-refractivity contribution is 8.26. The SMILES string of the molecule is CC(=C1SC(=S)N(Cc2ccccc2)C1=O)c1ccc(C)c(C)c1. The van der Waals surface area contributed by atoms with E-state index in [1.165, 1.54) is 22.9 Å². The highest BCUT2D eigenvalue weighted by Crippen LogP contribution is 2.37. The van der Waals surface area contributed by atoms with E-state index in [-0.39, 0.29) is 5.91 Å². The van der Waals surface area contributed by atoms with Crippen molar-refractivity contribution in [3.63, 3.8) is 0 Å². The van der Waals surface area contributed by atoms with Crippen molar-refractivity contribution < 1.29 is 4.79 Å². The number of allylic oxidation sites excluding steroid dienone is 1. The number of hydrogen-bond donors (Lipinski definition) is 0. The third kappa shape index (κ3) is 3.30. The van der Waals surface area contributed by atoms with Crippen LogP contribution in [0.15, 0.2) is 53.4 Å². The highest BCUT2D eigenvalue weighted by Gasteiger charge is 2.33. The molecule has 122 valence electrons. The molecule has 0 spiro atoms. The van der Waals surface area contributed by atoms with E-state index in [2.05, 4.69) is 32.0 Å². The summed E-state index contributed by atoms with van der Waals surface area (Å²) in [5.41, 5.74) is 5.64. The predicted octanol–water partition coefficient (Wildman–Crippen LogP) is 5.09. The number of benzene rings is 2. The summed E-state index contributed by atoms with van der Waals surface area (Å²) in [6.07, 6.45) is 0. The van der Waals surface area contributed by atoms with Crippen LogP contribution < -0.4 is 0 Å². The fourth-order valence-corrected chi connectivity index (χ4v) is 3.93. The molecule has 2 aromatic carbocycles. The van der Waals surface area contributed by atoms with Gasteiger partial charge in [-0.2, -0.15) is 0 Å². The Bertz CT molecular complexity index is 840. The molecule has 1 amide bonds. The Balaban J connectivity index is 1.91. The maximum Gasteiger partial charge on any atom is 0.266 e. The van der Waals surface area contributed by atoms with Crippen LogP contribution in [0.25, 0.3) is 5.57 Å². The molecular formula is C20H19NOS2. The van der Waals surface area contributed by atoms with Gasteiger partial charge in [0.25, 0.3) is 5.91 Å². The first-order chi connectivity index (χ1) is 11.5. The summed E-state index contributed by atoms with van der Waals surface area (Å²) in [7, 11) is 0. The quantitative estimate of drug-likeness (QED) is 0.566. The molecule has 0 aliphatic carbocycles. The number of carbonyl (C=O) groups is 1. The van der Waals surface area contributed by atoms with Crippen molar-refractivity contribution in [3.8, 4) is 0 Å². The number of aryl methyl sites for hydroxylation is 2. The van der Waals surface area contributed by atoms with Crippen LogP contribution >= 0.6 is 24.0 Å². The van der Waals surface area contributed by atoms with Crippen molar-refractivity contribution in [1.29, 1.82) is 0 Å². The van der Waals surface area contributed by atoms with Crippen LogP contribution in [0.2, 0.25) is 0 Å². The second-order valence-electron chi connectivity index (χ2n) is 6.00. The van der Waals surface area contributed by atoms with Crippen molar-refractivity contribution in [1.82, 2.24) is 4.90 Å². The van der Waals surface area contributed by atoms with Crippen molar-refractivity contribution in [3.05, 3.63) is 75.7 Å². The van der Waals surface area contributed by atoms with Crippen molar-refractivity contribution in [2.75, 3.05) is 0 Å². The Morgan fingerprint density at radius 1 is 1.08 bits per heavy atom. The molecule has 0 unspecified atom stereocenters. The molecule has 1 aliphatic heterocycles. The summed E-state index contributed by atoms with van der Waals surface area (Å²) in [6.45, 7) is 6.70. The third-order valence-corrected chi connectivity index (χ3v) is 5.86. The molecule has 1 aliphatic rings. The van der Waals surface area contributed by atoms with Crippen LogP contribution in [-0.2, 0) is 11.3 Å². The lowest BCUT2D eigenvalue weighted by atomic mass is 10.0. The lowest BCUT2D eigenvalue weighted by molar-refractivity contribution is -0.122. The van der Waals surface area contributed by atoms with Gasteiger partial charge in [-0.3, -0.25) is 9.69 Å². The molecule has 1 fully saturated rings. The van der Waals surface area contributed by atoms with E-state index in [0.717, 1.165) is 21.6 Å². The molecule has 2 nitrogen and oxygen atoms in total. The molecule has 0 N–H and O–H groups in total. The van der Waals surface area contributed by atoms with Gasteiger partial charge in [-0.1, -0.05) is 72.5 Å². The third-order valence-electron chi connectivity index (χ3n) is 4.31. The fourth-order valence-electron chi connectivity index (χ4n) is 2.64. The van der Waals surface area contributed by atoms with E-state index in [9.17, 15) is 4.79 Å². The van der Waals surface area contributed by atoms with Gasteiger partial charge in [0.1, 0.15) is 4.32 Å². The van der Waals surface area contributed by atoms with Gasteiger partial charge >= 0.3 is 0 Å². The van der Waals surface area contributed by atoms with Gasteiger partial charge in [0.05, 0.1) is 11.4 Å². The zero-order valence-corrected chi connectivity index (χ0v) is 15.6. The summed E-state index contributed by atoms with van der Waals surface area (Å²) in [6, 6.07) is 16.2. The zero-order valence-electron chi connectivity index (χ0n) is 14.0. The van der Waals surface area contributed by atoms with Crippen LogP contribution in [0.4, 0.5) is 0 Å². The summed E-state index contributed by atoms with van der Waals surface area (Å²) in [4.78, 5) is 15.3. The van der Waals surface area contributed by atoms with Gasteiger partial charge < -0.3 is 0 Å². The normalized spacial score (nSPS) is 16.7. The molecule has 2 aromatic rings. The first-order valence-electron chi connectivity index (χ1n) is 7.83. The Morgan fingerprint density at radius 2 is 1.79 bits per heavy atom. The minimum absolute atomic E-state index is 0.00424. The molecule has 4 heteroatoms. The summed E-state index contributed by atoms with van der Waals surface area (Å²) in [5, 5.41) is 0. The molecule has 1 heterocycles. The average molecular weight is 354 g/mol. The van der Waals surface area contributed by atoms with Crippen molar-refractivity contribution >= 4 is 39.8 Å². The van der Waals surface area contributed by atoms with E-state index in [1.807, 2.05) is 37.3 Å². The Labute approximate surface area is 152 Å². The maximum atomic E-state index is 12.8. The van der Waals surface area contributed by atoms with Crippen LogP contribution in [0.1, 0.15) is 29.2 Å². The number of thioether (sulfide) groups is 1. The first-order valence-corrected chi connectivity index (χ1v) is 9.06. The number of nitrogens with zero attached hydrogens (tertiary/aromatic N) is 1. The van der Waals surface area contributed by atoms with Gasteiger partial charge in [0, 0.05) is 0 Å². The molecule has 24 heavy (non-hydrogen) atoms. The van der Waals surface area contributed by atoms with Gasteiger partial charge in [-0.25, -0.2) is 0 Å². The van der Waals surface area contributed by atoms with Gasteiger partial charge in [-0.05, 0) is 48.6 Å². The smallest absolute Gasteiger partial charge is 0.266 e. The Kier molecular flexibility index (Phi) is 4.88. The van der Waals surface area contributed by atoms with Gasteiger partial charge in [-0.15, -0.1) is 0 Å². The Morgan fingerprint density at radius 3 is 2.46 bits per heavy atom. The van der Waals surface area contributed by atoms with Crippen LogP contribution in [0.3, 0.4) is 0 Å². The lowest BCUT2D eigenvalue weighted by Crippen LogP contribution is -2.27. The van der Waals surface area contributed by atoms with E-state index in [4.69, 9.17) is 12.2 Å². The molecule has 3 rings (SSSR count). The number of carbonyl (C=O) groups excluding carboxylic acids is 1. The largest absolute Gasteiger partial charge is 0.288 e. The molecule has 0 radical (unpaired) electrons. The second-order valence-corrected chi connectivity index (χ2v) is 7.64. The summed E-state index contributed by atoms with van der Waals surface area (Å²) >= 11 is 6.84.